The molecule has 0 unspecified atom stereocenters. The molecule has 1 aromatic heterocycles. The Morgan fingerprint density at radius 1 is 1.03 bits per heavy atom. The molecule has 0 bridgehead atoms. The second kappa shape index (κ2) is 9.66. The van der Waals surface area contributed by atoms with Gasteiger partial charge >= 0.3 is 5.97 Å². The van der Waals surface area contributed by atoms with Gasteiger partial charge in [-0.1, -0.05) is 41.9 Å². The Morgan fingerprint density at radius 3 is 2.34 bits per heavy atom. The second-order valence-electron chi connectivity index (χ2n) is 7.22. The number of halogens is 1. The van der Waals surface area contributed by atoms with E-state index in [0.717, 1.165) is 39.9 Å². The molecule has 0 aliphatic heterocycles. The lowest BCUT2D eigenvalue weighted by molar-refractivity contribution is -0.143. The summed E-state index contributed by atoms with van der Waals surface area (Å²) in [5.41, 5.74) is 4.30. The number of hydrogen-bond donors (Lipinski definition) is 0. The maximum absolute atomic E-state index is 12.0. The Bertz CT molecular complexity index is 1230. The van der Waals surface area contributed by atoms with Gasteiger partial charge in [0.05, 0.1) is 17.8 Å². The molecule has 0 saturated carbocycles. The van der Waals surface area contributed by atoms with E-state index in [0.29, 0.717) is 18.1 Å². The molecule has 0 spiro atoms. The van der Waals surface area contributed by atoms with Gasteiger partial charge in [0, 0.05) is 28.2 Å². The highest BCUT2D eigenvalue weighted by Gasteiger charge is 2.14. The third-order valence-electron chi connectivity index (χ3n) is 5.11. The van der Waals surface area contributed by atoms with Gasteiger partial charge in [-0.3, -0.25) is 19.2 Å². The first-order valence-corrected chi connectivity index (χ1v) is 10.7. The summed E-state index contributed by atoms with van der Waals surface area (Å²) < 4.78 is 6.76. The van der Waals surface area contributed by atoms with Crippen LogP contribution in [0.4, 0.5) is 11.4 Å². The number of anilines is 2. The summed E-state index contributed by atoms with van der Waals surface area (Å²) in [6.45, 7) is 2.20. The molecule has 0 aliphatic rings. The first kappa shape index (κ1) is 21.6. The van der Waals surface area contributed by atoms with E-state index in [1.54, 1.807) is 40.8 Å². The van der Waals surface area contributed by atoms with Crippen molar-refractivity contribution in [1.82, 2.24) is 9.78 Å². The largest absolute Gasteiger partial charge is 0.465 e. The second-order valence-corrected chi connectivity index (χ2v) is 7.66. The van der Waals surface area contributed by atoms with E-state index in [4.69, 9.17) is 16.3 Å². The van der Waals surface area contributed by atoms with Crippen LogP contribution in [0.1, 0.15) is 18.2 Å². The Balaban J connectivity index is 1.57. The molecule has 4 rings (SSSR count). The molecular formula is C25H22ClN3O3. The quantitative estimate of drug-likeness (QED) is 0.277. The molecule has 32 heavy (non-hydrogen) atoms. The number of esters is 1. The number of carbonyl (C=O) groups is 2. The number of fused-ring (bicyclic) bond motifs is 1. The van der Waals surface area contributed by atoms with Crippen molar-refractivity contribution >= 4 is 46.3 Å². The molecular weight excluding hydrogens is 426 g/mol. The van der Waals surface area contributed by atoms with E-state index < -0.39 is 0 Å². The van der Waals surface area contributed by atoms with Crippen LogP contribution in [0.25, 0.3) is 10.9 Å². The molecule has 7 heteroatoms. The van der Waals surface area contributed by atoms with Gasteiger partial charge in [0.15, 0.2) is 0 Å². The first-order chi connectivity index (χ1) is 15.6. The smallest absolute Gasteiger partial charge is 0.327 e. The highest BCUT2D eigenvalue weighted by Crippen LogP contribution is 2.27. The molecule has 1 heterocycles. The van der Waals surface area contributed by atoms with Crippen molar-refractivity contribution in [2.75, 3.05) is 11.5 Å². The molecule has 1 amide bonds. The number of hydrogen-bond acceptors (Lipinski definition) is 4. The number of ether oxygens (including phenoxy) is 1. The summed E-state index contributed by atoms with van der Waals surface area (Å²) in [5, 5.41) is 6.29. The Labute approximate surface area is 191 Å². The van der Waals surface area contributed by atoms with Crippen molar-refractivity contribution in [3.63, 3.8) is 0 Å². The van der Waals surface area contributed by atoms with Gasteiger partial charge in [0.25, 0.3) is 0 Å². The molecule has 3 aromatic carbocycles. The lowest BCUT2D eigenvalue weighted by atomic mass is 10.1. The number of para-hydroxylation sites is 1. The van der Waals surface area contributed by atoms with E-state index in [1.165, 1.54) is 0 Å². The van der Waals surface area contributed by atoms with Gasteiger partial charge < -0.3 is 4.74 Å². The van der Waals surface area contributed by atoms with Crippen LogP contribution in [0.5, 0.6) is 0 Å². The first-order valence-electron chi connectivity index (χ1n) is 10.3. The molecule has 162 valence electrons. The van der Waals surface area contributed by atoms with Crippen LogP contribution in [-0.2, 0) is 27.3 Å². The lowest BCUT2D eigenvalue weighted by Crippen LogP contribution is -2.14. The molecule has 0 N–H and O–H groups in total. The van der Waals surface area contributed by atoms with Crippen molar-refractivity contribution in [3.05, 3.63) is 89.1 Å². The van der Waals surface area contributed by atoms with Crippen LogP contribution in [0.15, 0.2) is 72.8 Å². The SMILES string of the molecule is CCOC(=O)Cn1nc(Cc2ccc(N(C=O)c3ccc(Cl)cc3)cc2)c2ccccc21. The van der Waals surface area contributed by atoms with Gasteiger partial charge in [-0.05, 0) is 55.0 Å². The van der Waals surface area contributed by atoms with E-state index in [9.17, 15) is 9.59 Å². The van der Waals surface area contributed by atoms with Crippen LogP contribution in [-0.4, -0.2) is 28.8 Å². The molecule has 6 nitrogen and oxygen atoms in total. The van der Waals surface area contributed by atoms with E-state index in [2.05, 4.69) is 5.10 Å². The highest BCUT2D eigenvalue weighted by molar-refractivity contribution is 6.30. The van der Waals surface area contributed by atoms with Crippen LogP contribution < -0.4 is 4.90 Å². The Morgan fingerprint density at radius 2 is 1.69 bits per heavy atom. The minimum absolute atomic E-state index is 0.0721. The molecule has 0 radical (unpaired) electrons. The zero-order chi connectivity index (χ0) is 22.5. The number of amides is 1. The topological polar surface area (TPSA) is 64.4 Å². The van der Waals surface area contributed by atoms with E-state index >= 15 is 0 Å². The zero-order valence-electron chi connectivity index (χ0n) is 17.6. The zero-order valence-corrected chi connectivity index (χ0v) is 18.3. The normalized spacial score (nSPS) is 10.8. The van der Waals surface area contributed by atoms with Crippen LogP contribution in [0.3, 0.4) is 0 Å². The minimum atomic E-state index is -0.312. The Hall–Kier alpha value is -3.64. The molecule has 0 atom stereocenters. The summed E-state index contributed by atoms with van der Waals surface area (Å²) in [6, 6.07) is 22.7. The number of carbonyl (C=O) groups excluding carboxylic acids is 2. The fourth-order valence-corrected chi connectivity index (χ4v) is 3.74. The maximum atomic E-state index is 12.0. The van der Waals surface area contributed by atoms with Crippen molar-refractivity contribution in [2.24, 2.45) is 0 Å². The third kappa shape index (κ3) is 4.65. The monoisotopic (exact) mass is 447 g/mol. The average Bonchev–Trinajstić information content (AvgIpc) is 3.14. The van der Waals surface area contributed by atoms with Crippen molar-refractivity contribution in [1.29, 1.82) is 0 Å². The van der Waals surface area contributed by atoms with Gasteiger partial charge in [-0.15, -0.1) is 0 Å². The minimum Gasteiger partial charge on any atom is -0.465 e. The third-order valence-corrected chi connectivity index (χ3v) is 5.37. The average molecular weight is 448 g/mol. The van der Waals surface area contributed by atoms with E-state index in [-0.39, 0.29) is 12.5 Å². The highest BCUT2D eigenvalue weighted by atomic mass is 35.5. The molecule has 0 aliphatic carbocycles. The summed E-state index contributed by atoms with van der Waals surface area (Å²) >= 11 is 5.95. The van der Waals surface area contributed by atoms with Crippen molar-refractivity contribution < 1.29 is 14.3 Å². The predicted octanol–water partition coefficient (Wildman–Crippen LogP) is 5.14. The summed E-state index contributed by atoms with van der Waals surface area (Å²) in [5.74, 6) is -0.312. The molecule has 0 saturated heterocycles. The van der Waals surface area contributed by atoms with Crippen LogP contribution >= 0.6 is 11.6 Å². The number of aromatic nitrogens is 2. The fraction of sp³-hybridized carbons (Fsp3) is 0.160. The molecule has 0 fully saturated rings. The van der Waals surface area contributed by atoms with Gasteiger partial charge in [0.2, 0.25) is 6.41 Å². The van der Waals surface area contributed by atoms with Gasteiger partial charge in [0.1, 0.15) is 6.54 Å². The van der Waals surface area contributed by atoms with Crippen molar-refractivity contribution in [3.8, 4) is 0 Å². The van der Waals surface area contributed by atoms with Crippen LogP contribution in [0, 0.1) is 0 Å². The van der Waals surface area contributed by atoms with Gasteiger partial charge in [-0.2, -0.15) is 5.10 Å². The number of rotatable bonds is 8. The van der Waals surface area contributed by atoms with Gasteiger partial charge in [-0.25, -0.2) is 0 Å². The summed E-state index contributed by atoms with van der Waals surface area (Å²) in [6.07, 6.45) is 1.38. The fourth-order valence-electron chi connectivity index (χ4n) is 3.62. The lowest BCUT2D eigenvalue weighted by Gasteiger charge is -2.18. The standard InChI is InChI=1S/C25H22ClN3O3/c1-2-32-25(31)16-29-24-6-4-3-5-22(24)23(27-29)15-18-7-11-20(12-8-18)28(17-30)21-13-9-19(26)10-14-21/h3-14,17H,2,15-16H2,1H3. The van der Waals surface area contributed by atoms with Crippen molar-refractivity contribution in [2.45, 2.75) is 19.9 Å². The maximum Gasteiger partial charge on any atom is 0.327 e. The summed E-state index contributed by atoms with van der Waals surface area (Å²) in [4.78, 5) is 25.2. The van der Waals surface area contributed by atoms with Crippen LogP contribution in [0.2, 0.25) is 5.02 Å². The predicted molar refractivity (Wildman–Crippen MR) is 125 cm³/mol. The molecule has 4 aromatic rings. The number of benzene rings is 3. The number of nitrogens with zero attached hydrogens (tertiary/aromatic N) is 3. The summed E-state index contributed by atoms with van der Waals surface area (Å²) in [7, 11) is 0. The Kier molecular flexibility index (Phi) is 6.52. The van der Waals surface area contributed by atoms with E-state index in [1.807, 2.05) is 48.5 Å².